The predicted molar refractivity (Wildman–Crippen MR) is 90.5 cm³/mol. The third-order valence-corrected chi connectivity index (χ3v) is 4.66. The van der Waals surface area contributed by atoms with Gasteiger partial charge in [-0.25, -0.2) is 0 Å². The summed E-state index contributed by atoms with van der Waals surface area (Å²) in [6.07, 6.45) is 0. The second-order valence-electron chi connectivity index (χ2n) is 6.16. The summed E-state index contributed by atoms with van der Waals surface area (Å²) < 4.78 is 16.6. The Labute approximate surface area is 143 Å². The molecule has 0 aliphatic carbocycles. The number of piperazine rings is 1. The molecule has 3 rings (SSSR count). The van der Waals surface area contributed by atoms with Crippen molar-refractivity contribution in [2.45, 2.75) is 19.9 Å². The Morgan fingerprint density at radius 1 is 1.21 bits per heavy atom. The molecule has 6 heteroatoms. The zero-order valence-corrected chi connectivity index (χ0v) is 14.5. The number of carbonyl (C=O) groups excluding carboxylic acids is 1. The highest BCUT2D eigenvalue weighted by atomic mass is 16.6. The molecule has 0 unspecified atom stereocenters. The fourth-order valence-electron chi connectivity index (χ4n) is 3.32. The lowest BCUT2D eigenvalue weighted by molar-refractivity contribution is -0.144. The summed E-state index contributed by atoms with van der Waals surface area (Å²) in [7, 11) is 0. The number of ether oxygens (including phenoxy) is 3. The minimum atomic E-state index is -0.137. The van der Waals surface area contributed by atoms with Gasteiger partial charge in [-0.05, 0) is 19.9 Å². The SMILES string of the molecule is CCOC(=O)CN1CCN([C@H](C)c2cccc3c2OCCO3)CC1. The maximum atomic E-state index is 11.6. The Bertz CT molecular complexity index is 570. The molecule has 1 saturated heterocycles. The largest absolute Gasteiger partial charge is 0.486 e. The van der Waals surface area contributed by atoms with Crippen LogP contribution in [0.15, 0.2) is 18.2 Å². The van der Waals surface area contributed by atoms with Crippen molar-refractivity contribution in [2.24, 2.45) is 0 Å². The summed E-state index contributed by atoms with van der Waals surface area (Å²) in [6.45, 7) is 9.66. The molecular formula is C18H26N2O4. The number of rotatable bonds is 5. The second-order valence-corrected chi connectivity index (χ2v) is 6.16. The zero-order chi connectivity index (χ0) is 16.9. The van der Waals surface area contributed by atoms with Crippen LogP contribution in [0, 0.1) is 0 Å². The van der Waals surface area contributed by atoms with E-state index in [1.165, 1.54) is 5.56 Å². The number of benzene rings is 1. The standard InChI is InChI=1S/C18H26N2O4/c1-3-22-17(21)13-19-7-9-20(10-8-19)14(2)15-5-4-6-16-18(15)24-12-11-23-16/h4-6,14H,3,7-13H2,1-2H3/t14-/m1/s1. The molecule has 1 aromatic rings. The van der Waals surface area contributed by atoms with E-state index in [-0.39, 0.29) is 12.0 Å². The van der Waals surface area contributed by atoms with Crippen LogP contribution in [-0.4, -0.2) is 68.3 Å². The molecule has 0 amide bonds. The van der Waals surface area contributed by atoms with Crippen molar-refractivity contribution in [3.05, 3.63) is 23.8 Å². The number of nitrogens with zero attached hydrogens (tertiary/aromatic N) is 2. The van der Waals surface area contributed by atoms with E-state index >= 15 is 0 Å². The van der Waals surface area contributed by atoms with Crippen LogP contribution in [0.25, 0.3) is 0 Å². The Morgan fingerprint density at radius 2 is 1.96 bits per heavy atom. The highest BCUT2D eigenvalue weighted by Crippen LogP contribution is 2.38. The van der Waals surface area contributed by atoms with Crippen molar-refractivity contribution >= 4 is 5.97 Å². The van der Waals surface area contributed by atoms with E-state index in [0.717, 1.165) is 37.7 Å². The minimum Gasteiger partial charge on any atom is -0.486 e. The lowest BCUT2D eigenvalue weighted by atomic mass is 10.0. The molecule has 0 radical (unpaired) electrons. The monoisotopic (exact) mass is 334 g/mol. The summed E-state index contributed by atoms with van der Waals surface area (Å²) in [4.78, 5) is 16.2. The average Bonchev–Trinajstić information content (AvgIpc) is 2.61. The fourth-order valence-corrected chi connectivity index (χ4v) is 3.32. The number of hydrogen-bond donors (Lipinski definition) is 0. The molecular weight excluding hydrogens is 308 g/mol. The van der Waals surface area contributed by atoms with E-state index in [4.69, 9.17) is 14.2 Å². The normalized spacial score (nSPS) is 19.8. The van der Waals surface area contributed by atoms with Crippen molar-refractivity contribution in [3.8, 4) is 11.5 Å². The first-order valence-corrected chi connectivity index (χ1v) is 8.69. The van der Waals surface area contributed by atoms with Crippen LogP contribution in [0.4, 0.5) is 0 Å². The van der Waals surface area contributed by atoms with E-state index in [1.807, 2.05) is 19.1 Å². The molecule has 2 heterocycles. The van der Waals surface area contributed by atoms with Crippen LogP contribution < -0.4 is 9.47 Å². The van der Waals surface area contributed by atoms with Crippen LogP contribution in [0.2, 0.25) is 0 Å². The number of fused-ring (bicyclic) bond motifs is 1. The number of para-hydroxylation sites is 1. The van der Waals surface area contributed by atoms with Gasteiger partial charge in [0.1, 0.15) is 13.2 Å². The molecule has 0 spiro atoms. The topological polar surface area (TPSA) is 51.2 Å². The third-order valence-electron chi connectivity index (χ3n) is 4.66. The summed E-state index contributed by atoms with van der Waals surface area (Å²) in [5.41, 5.74) is 1.17. The van der Waals surface area contributed by atoms with Gasteiger partial charge in [-0.2, -0.15) is 0 Å². The summed E-state index contributed by atoms with van der Waals surface area (Å²) >= 11 is 0. The lowest BCUT2D eigenvalue weighted by Gasteiger charge is -2.38. The number of esters is 1. The highest BCUT2D eigenvalue weighted by molar-refractivity contribution is 5.71. The van der Waals surface area contributed by atoms with Gasteiger partial charge in [0, 0.05) is 37.8 Å². The second kappa shape index (κ2) is 7.85. The van der Waals surface area contributed by atoms with Gasteiger partial charge in [0.15, 0.2) is 11.5 Å². The van der Waals surface area contributed by atoms with Crippen molar-refractivity contribution < 1.29 is 19.0 Å². The van der Waals surface area contributed by atoms with E-state index in [9.17, 15) is 4.79 Å². The van der Waals surface area contributed by atoms with Crippen LogP contribution in [0.1, 0.15) is 25.5 Å². The molecule has 1 atom stereocenters. The van der Waals surface area contributed by atoms with E-state index < -0.39 is 0 Å². The molecule has 2 aliphatic rings. The minimum absolute atomic E-state index is 0.137. The van der Waals surface area contributed by atoms with Gasteiger partial charge in [-0.3, -0.25) is 14.6 Å². The maximum absolute atomic E-state index is 11.6. The molecule has 24 heavy (non-hydrogen) atoms. The van der Waals surface area contributed by atoms with E-state index in [2.05, 4.69) is 22.8 Å². The number of carbonyl (C=O) groups is 1. The Hall–Kier alpha value is -1.79. The fraction of sp³-hybridized carbons (Fsp3) is 0.611. The van der Waals surface area contributed by atoms with Crippen LogP contribution in [0.3, 0.4) is 0 Å². The summed E-state index contributed by atoms with van der Waals surface area (Å²) in [5.74, 6) is 1.58. The molecule has 0 aromatic heterocycles. The zero-order valence-electron chi connectivity index (χ0n) is 14.5. The van der Waals surface area contributed by atoms with Gasteiger partial charge in [-0.15, -0.1) is 0 Å². The van der Waals surface area contributed by atoms with Crippen molar-refractivity contribution in [1.29, 1.82) is 0 Å². The van der Waals surface area contributed by atoms with Gasteiger partial charge in [-0.1, -0.05) is 12.1 Å². The highest BCUT2D eigenvalue weighted by Gasteiger charge is 2.27. The first-order valence-electron chi connectivity index (χ1n) is 8.69. The maximum Gasteiger partial charge on any atom is 0.320 e. The molecule has 0 bridgehead atoms. The molecule has 1 fully saturated rings. The smallest absolute Gasteiger partial charge is 0.320 e. The molecule has 0 N–H and O–H groups in total. The first-order chi connectivity index (χ1) is 11.7. The van der Waals surface area contributed by atoms with Gasteiger partial charge >= 0.3 is 5.97 Å². The van der Waals surface area contributed by atoms with Gasteiger partial charge in [0.25, 0.3) is 0 Å². The molecule has 2 aliphatic heterocycles. The Morgan fingerprint density at radius 3 is 2.71 bits per heavy atom. The van der Waals surface area contributed by atoms with Crippen LogP contribution in [-0.2, 0) is 9.53 Å². The van der Waals surface area contributed by atoms with E-state index in [0.29, 0.717) is 26.4 Å². The molecule has 132 valence electrons. The number of hydrogen-bond acceptors (Lipinski definition) is 6. The van der Waals surface area contributed by atoms with Gasteiger partial charge < -0.3 is 14.2 Å². The third kappa shape index (κ3) is 3.82. The van der Waals surface area contributed by atoms with Crippen molar-refractivity contribution in [2.75, 3.05) is 52.5 Å². The van der Waals surface area contributed by atoms with Crippen LogP contribution >= 0.6 is 0 Å². The molecule has 0 saturated carbocycles. The quantitative estimate of drug-likeness (QED) is 0.764. The van der Waals surface area contributed by atoms with Crippen molar-refractivity contribution in [3.63, 3.8) is 0 Å². The summed E-state index contributed by atoms with van der Waals surface area (Å²) in [6, 6.07) is 6.35. The molecule has 1 aromatic carbocycles. The average molecular weight is 334 g/mol. The lowest BCUT2D eigenvalue weighted by Crippen LogP contribution is -2.48. The Balaban J connectivity index is 1.60. The van der Waals surface area contributed by atoms with Crippen molar-refractivity contribution in [1.82, 2.24) is 9.80 Å². The summed E-state index contributed by atoms with van der Waals surface area (Å²) in [5, 5.41) is 0. The van der Waals surface area contributed by atoms with Gasteiger partial charge in [0.05, 0.1) is 13.2 Å². The first kappa shape index (κ1) is 17.0. The van der Waals surface area contributed by atoms with Crippen LogP contribution in [0.5, 0.6) is 11.5 Å². The molecule has 6 nitrogen and oxygen atoms in total. The van der Waals surface area contributed by atoms with E-state index in [1.54, 1.807) is 0 Å². The Kier molecular flexibility index (Phi) is 5.58. The van der Waals surface area contributed by atoms with Gasteiger partial charge in [0.2, 0.25) is 0 Å². The predicted octanol–water partition coefficient (Wildman–Crippen LogP) is 1.70.